The van der Waals surface area contributed by atoms with Crippen LogP contribution >= 0.6 is 0 Å². The first kappa shape index (κ1) is 34.3. The predicted molar refractivity (Wildman–Crippen MR) is 186 cm³/mol. The quantitative estimate of drug-likeness (QED) is 0.104. The van der Waals surface area contributed by atoms with Gasteiger partial charge in [-0.3, -0.25) is 19.5 Å². The van der Waals surface area contributed by atoms with E-state index in [0.29, 0.717) is 12.1 Å². The molecule has 0 fully saturated rings. The van der Waals surface area contributed by atoms with E-state index in [-0.39, 0.29) is 42.0 Å². The van der Waals surface area contributed by atoms with Gasteiger partial charge in [-0.1, -0.05) is 84.9 Å². The zero-order chi connectivity index (χ0) is 34.6. The number of pyridine rings is 1. The summed E-state index contributed by atoms with van der Waals surface area (Å²) in [6.07, 6.45) is -0.0547. The Hall–Kier alpha value is -6.00. The SMILES string of the molecule is O=C(N[C@@H](Cc1ccccc1)C[C@H](O)[C@H](Cc1ccccc1)NC(=O)c1ccccc1N(Cc1ccccn1)C(=O)O)c1cccc(O)c1. The molecule has 49 heavy (non-hydrogen) atoms. The molecule has 5 N–H and O–H groups in total. The van der Waals surface area contributed by atoms with Crippen molar-refractivity contribution in [1.82, 2.24) is 15.6 Å². The van der Waals surface area contributed by atoms with E-state index in [1.165, 1.54) is 12.1 Å². The van der Waals surface area contributed by atoms with Crippen LogP contribution in [0.25, 0.3) is 0 Å². The molecule has 5 aromatic rings. The first-order chi connectivity index (χ1) is 23.8. The smallest absolute Gasteiger partial charge is 0.412 e. The molecule has 3 atom stereocenters. The lowest BCUT2D eigenvalue weighted by molar-refractivity contribution is 0.0755. The average Bonchev–Trinajstić information content (AvgIpc) is 3.11. The molecule has 0 radical (unpaired) electrons. The number of para-hydroxylation sites is 1. The third-order valence-corrected chi connectivity index (χ3v) is 8.09. The van der Waals surface area contributed by atoms with Gasteiger partial charge in [0.15, 0.2) is 0 Å². The highest BCUT2D eigenvalue weighted by Gasteiger charge is 2.29. The number of rotatable bonds is 14. The molecule has 0 aliphatic heterocycles. The van der Waals surface area contributed by atoms with Crippen LogP contribution in [-0.2, 0) is 19.4 Å². The number of aliphatic hydroxyl groups is 1. The Morgan fingerprint density at radius 2 is 1.37 bits per heavy atom. The number of amides is 3. The molecule has 10 nitrogen and oxygen atoms in total. The second-order valence-electron chi connectivity index (χ2n) is 11.7. The number of phenols is 1. The lowest BCUT2D eigenvalue weighted by Gasteiger charge is -2.29. The summed E-state index contributed by atoms with van der Waals surface area (Å²) in [6.45, 7) is -0.0728. The van der Waals surface area contributed by atoms with E-state index in [1.54, 1.807) is 60.8 Å². The van der Waals surface area contributed by atoms with Crippen LogP contribution in [0, 0.1) is 0 Å². The molecule has 10 heteroatoms. The van der Waals surface area contributed by atoms with Gasteiger partial charge in [-0.2, -0.15) is 0 Å². The van der Waals surface area contributed by atoms with Crippen LogP contribution < -0.4 is 15.5 Å². The number of nitrogens with zero attached hydrogens (tertiary/aromatic N) is 2. The van der Waals surface area contributed by atoms with Gasteiger partial charge in [0.25, 0.3) is 11.8 Å². The van der Waals surface area contributed by atoms with Gasteiger partial charge in [-0.05, 0) is 72.9 Å². The molecule has 0 bridgehead atoms. The molecule has 250 valence electrons. The second-order valence-corrected chi connectivity index (χ2v) is 11.7. The van der Waals surface area contributed by atoms with Crippen molar-refractivity contribution in [2.24, 2.45) is 0 Å². The Labute approximate surface area is 284 Å². The van der Waals surface area contributed by atoms with Crippen LogP contribution in [0.15, 0.2) is 134 Å². The summed E-state index contributed by atoms with van der Waals surface area (Å²) < 4.78 is 0. The molecule has 0 saturated heterocycles. The molecule has 5 rings (SSSR count). The largest absolute Gasteiger partial charge is 0.508 e. The number of nitrogens with one attached hydrogen (secondary N) is 2. The van der Waals surface area contributed by atoms with Crippen molar-refractivity contribution in [3.63, 3.8) is 0 Å². The Bertz CT molecular complexity index is 1840. The summed E-state index contributed by atoms with van der Waals surface area (Å²) in [7, 11) is 0. The van der Waals surface area contributed by atoms with Crippen LogP contribution in [0.4, 0.5) is 10.5 Å². The number of aromatic hydroxyl groups is 1. The standard InChI is InChI=1S/C39H38N4O6/c44-32-18-11-16-29(24-32)37(46)41-31(22-27-12-3-1-4-13-27)25-36(45)34(23-28-14-5-2-6-15-28)42-38(47)33-19-7-8-20-35(33)43(39(48)49)26-30-17-9-10-21-40-30/h1-21,24,31,34,36,44-45H,22-23,25-26H2,(H,41,46)(H,42,47)(H,48,49)/t31-,34-,36-/m0/s1. The maximum Gasteiger partial charge on any atom is 0.412 e. The fourth-order valence-corrected chi connectivity index (χ4v) is 5.67. The van der Waals surface area contributed by atoms with Gasteiger partial charge in [0.2, 0.25) is 0 Å². The lowest BCUT2D eigenvalue weighted by atomic mass is 9.93. The lowest BCUT2D eigenvalue weighted by Crippen LogP contribution is -2.49. The van der Waals surface area contributed by atoms with Crippen molar-refractivity contribution >= 4 is 23.6 Å². The van der Waals surface area contributed by atoms with Crippen molar-refractivity contribution < 1.29 is 29.7 Å². The Morgan fingerprint density at radius 1 is 0.714 bits per heavy atom. The van der Waals surface area contributed by atoms with Crippen molar-refractivity contribution in [3.8, 4) is 5.75 Å². The van der Waals surface area contributed by atoms with E-state index in [1.807, 2.05) is 60.7 Å². The molecular formula is C39H38N4O6. The fourth-order valence-electron chi connectivity index (χ4n) is 5.67. The minimum absolute atomic E-state index is 0.0419. The third kappa shape index (κ3) is 9.75. The van der Waals surface area contributed by atoms with Gasteiger partial charge in [0.05, 0.1) is 35.6 Å². The minimum atomic E-state index is -1.25. The molecule has 0 saturated carbocycles. The number of anilines is 1. The normalized spacial score (nSPS) is 12.7. The van der Waals surface area contributed by atoms with E-state index < -0.39 is 36.1 Å². The minimum Gasteiger partial charge on any atom is -0.508 e. The Morgan fingerprint density at radius 3 is 2.02 bits per heavy atom. The molecule has 0 aliphatic rings. The van der Waals surface area contributed by atoms with E-state index in [2.05, 4.69) is 15.6 Å². The fraction of sp³-hybridized carbons (Fsp3) is 0.179. The van der Waals surface area contributed by atoms with Crippen molar-refractivity contribution in [2.75, 3.05) is 4.90 Å². The zero-order valence-corrected chi connectivity index (χ0v) is 26.7. The molecule has 3 amide bonds. The number of hydrogen-bond donors (Lipinski definition) is 5. The third-order valence-electron chi connectivity index (χ3n) is 8.09. The topological polar surface area (TPSA) is 152 Å². The van der Waals surface area contributed by atoms with Crippen LogP contribution in [0.5, 0.6) is 5.75 Å². The summed E-state index contributed by atoms with van der Waals surface area (Å²) in [5, 5.41) is 37.8. The van der Waals surface area contributed by atoms with E-state index in [9.17, 15) is 29.7 Å². The summed E-state index contributed by atoms with van der Waals surface area (Å²) in [5.74, 6) is -1.02. The summed E-state index contributed by atoms with van der Waals surface area (Å²) in [5.41, 5.74) is 2.87. The van der Waals surface area contributed by atoms with Crippen LogP contribution in [0.3, 0.4) is 0 Å². The maximum absolute atomic E-state index is 14.0. The van der Waals surface area contributed by atoms with E-state index in [4.69, 9.17) is 0 Å². The molecule has 0 unspecified atom stereocenters. The second kappa shape index (κ2) is 16.7. The van der Waals surface area contributed by atoms with Gasteiger partial charge in [0.1, 0.15) is 5.75 Å². The number of carbonyl (C=O) groups excluding carboxylic acids is 2. The first-order valence-electron chi connectivity index (χ1n) is 15.9. The van der Waals surface area contributed by atoms with Gasteiger partial charge in [-0.15, -0.1) is 0 Å². The first-order valence-corrected chi connectivity index (χ1v) is 15.9. The molecule has 1 heterocycles. The van der Waals surface area contributed by atoms with E-state index in [0.717, 1.165) is 16.0 Å². The van der Waals surface area contributed by atoms with Gasteiger partial charge >= 0.3 is 6.09 Å². The molecular weight excluding hydrogens is 620 g/mol. The summed E-state index contributed by atoms with van der Waals surface area (Å²) in [6, 6.07) is 35.2. The molecule has 4 aromatic carbocycles. The number of aromatic nitrogens is 1. The number of carbonyl (C=O) groups is 3. The highest BCUT2D eigenvalue weighted by atomic mass is 16.4. The highest BCUT2D eigenvalue weighted by Crippen LogP contribution is 2.24. The average molecular weight is 659 g/mol. The molecule has 1 aromatic heterocycles. The van der Waals surface area contributed by atoms with Gasteiger partial charge in [-0.25, -0.2) is 4.79 Å². The predicted octanol–water partition coefficient (Wildman–Crippen LogP) is 5.61. The van der Waals surface area contributed by atoms with E-state index >= 15 is 0 Å². The number of carboxylic acid groups (broad SMARTS) is 1. The van der Waals surface area contributed by atoms with Crippen LogP contribution in [0.1, 0.15) is 44.0 Å². The van der Waals surface area contributed by atoms with Gasteiger partial charge < -0.3 is 26.0 Å². The van der Waals surface area contributed by atoms with Crippen molar-refractivity contribution in [1.29, 1.82) is 0 Å². The van der Waals surface area contributed by atoms with Gasteiger partial charge in [0, 0.05) is 17.8 Å². The van der Waals surface area contributed by atoms with Crippen LogP contribution in [-0.4, -0.2) is 56.4 Å². The highest BCUT2D eigenvalue weighted by molar-refractivity contribution is 6.03. The number of aliphatic hydroxyl groups excluding tert-OH is 1. The number of phenolic OH excluding ortho intramolecular Hbond substituents is 1. The maximum atomic E-state index is 14.0. The Kier molecular flexibility index (Phi) is 11.7. The monoisotopic (exact) mass is 658 g/mol. The molecule has 0 aliphatic carbocycles. The van der Waals surface area contributed by atoms with Crippen molar-refractivity contribution in [3.05, 3.63) is 162 Å². The number of hydrogen-bond acceptors (Lipinski definition) is 6. The summed E-state index contributed by atoms with van der Waals surface area (Å²) >= 11 is 0. The number of benzene rings is 4. The van der Waals surface area contributed by atoms with Crippen molar-refractivity contribution in [2.45, 2.75) is 44.0 Å². The van der Waals surface area contributed by atoms with Crippen LogP contribution in [0.2, 0.25) is 0 Å². The Balaban J connectivity index is 1.41. The molecule has 0 spiro atoms. The summed E-state index contributed by atoms with van der Waals surface area (Å²) in [4.78, 5) is 44.9. The zero-order valence-electron chi connectivity index (χ0n) is 26.7.